The maximum Gasteiger partial charge on any atom is 0.453 e. The number of hydrogen-bond donors (Lipinski definition) is 0. The Labute approximate surface area is 454 Å². The van der Waals surface area contributed by atoms with Crippen molar-refractivity contribution in [3.63, 3.8) is 0 Å². The normalized spacial score (nSPS) is 16.7. The maximum absolute atomic E-state index is 8.15. The molecule has 408 valence electrons. The summed E-state index contributed by atoms with van der Waals surface area (Å²) in [7, 11) is -2.87. The van der Waals surface area contributed by atoms with E-state index in [2.05, 4.69) is 215 Å². The Morgan fingerprint density at radius 1 is 0.365 bits per heavy atom. The first kappa shape index (κ1) is 58.5. The van der Waals surface area contributed by atoms with E-state index in [1.807, 2.05) is 0 Å². The first-order chi connectivity index (χ1) is 33.7. The summed E-state index contributed by atoms with van der Waals surface area (Å²) in [5.41, 5.74) is 13.5. The lowest BCUT2D eigenvalue weighted by molar-refractivity contribution is 0.443. The van der Waals surface area contributed by atoms with Crippen molar-refractivity contribution in [3.05, 3.63) is 93.0 Å². The average Bonchev–Trinajstić information content (AvgIpc) is 3.41. The minimum absolute atomic E-state index is 0.106. The minimum Gasteiger partial charge on any atom is -0.473 e. The molecule has 0 saturated heterocycles. The molecular formula is C68H102O4P2. The molecule has 4 aromatic carbocycles. The highest BCUT2D eigenvalue weighted by Gasteiger charge is 2.39. The third-order valence-electron chi connectivity index (χ3n) is 16.2. The molecule has 0 amide bonds. The van der Waals surface area contributed by atoms with Crippen molar-refractivity contribution >= 4 is 38.3 Å². The van der Waals surface area contributed by atoms with E-state index in [4.69, 9.17) is 17.4 Å². The van der Waals surface area contributed by atoms with Gasteiger partial charge in [-0.25, -0.2) is 0 Å². The van der Waals surface area contributed by atoms with Crippen LogP contribution in [0.25, 0.3) is 33.1 Å². The van der Waals surface area contributed by atoms with Gasteiger partial charge in [-0.15, -0.1) is 0 Å². The van der Waals surface area contributed by atoms with E-state index in [1.165, 1.54) is 92.0 Å². The van der Waals surface area contributed by atoms with Crippen LogP contribution in [-0.4, -0.2) is 11.3 Å². The van der Waals surface area contributed by atoms with Crippen LogP contribution in [0.15, 0.2) is 56.9 Å². The minimum atomic E-state index is -2.10. The molecule has 1 aromatic heterocycles. The SMILES string of the molecule is CC(C)(C)c1cc(-c2cc(C(C)(C)C)cc(C(C)(C)C)c2Op2oc3c(C(C)(C)C)cc(C(C)(C)C)cc3c3cc(C(C)(C)C)cc(C(C)(C)C)c3o2)c(OP(C2CCCCC2)C2CCCCC2)c(C(C)(C)C)c1. The second-order valence-electron chi connectivity index (χ2n) is 31.1. The molecule has 0 aliphatic heterocycles. The number of hydrogen-bond acceptors (Lipinski definition) is 4. The summed E-state index contributed by atoms with van der Waals surface area (Å²) in [6, 6.07) is 19.4. The van der Waals surface area contributed by atoms with Gasteiger partial charge in [-0.2, -0.15) is 0 Å². The Balaban J connectivity index is 1.69. The van der Waals surface area contributed by atoms with Crippen LogP contribution in [0.1, 0.15) is 275 Å². The van der Waals surface area contributed by atoms with Gasteiger partial charge in [0, 0.05) is 55.5 Å². The summed E-state index contributed by atoms with van der Waals surface area (Å²) in [6.07, 6.45) is 13.0. The van der Waals surface area contributed by atoms with Gasteiger partial charge >= 0.3 is 8.24 Å². The summed E-state index contributed by atoms with van der Waals surface area (Å²) in [5, 5.41) is 2.15. The highest BCUT2D eigenvalue weighted by atomic mass is 31.1. The highest BCUT2D eigenvalue weighted by Crippen LogP contribution is 2.61. The summed E-state index contributed by atoms with van der Waals surface area (Å²) in [4.78, 5) is 0. The molecule has 6 heteroatoms. The zero-order valence-electron chi connectivity index (χ0n) is 51.4. The fraction of sp³-hybridized carbons (Fsp3) is 0.647. The molecule has 0 N–H and O–H groups in total. The first-order valence-electron chi connectivity index (χ1n) is 28.8. The van der Waals surface area contributed by atoms with Crippen molar-refractivity contribution in [1.82, 2.24) is 0 Å². The van der Waals surface area contributed by atoms with E-state index >= 15 is 0 Å². The molecule has 4 nitrogen and oxygen atoms in total. The molecular weight excluding hydrogens is 943 g/mol. The quantitative estimate of drug-likeness (QED) is 0.152. The smallest absolute Gasteiger partial charge is 0.453 e. The molecule has 2 aliphatic carbocycles. The fourth-order valence-corrected chi connectivity index (χ4v) is 15.4. The van der Waals surface area contributed by atoms with Gasteiger partial charge in [0.2, 0.25) is 0 Å². The lowest BCUT2D eigenvalue weighted by Crippen LogP contribution is -2.25. The first-order valence-corrected chi connectivity index (χ1v) is 31.3. The Bertz CT molecular complexity index is 2750. The zero-order chi connectivity index (χ0) is 55.1. The Kier molecular flexibility index (Phi) is 16.2. The predicted molar refractivity (Wildman–Crippen MR) is 325 cm³/mol. The van der Waals surface area contributed by atoms with Crippen LogP contribution in [0.2, 0.25) is 0 Å². The van der Waals surface area contributed by atoms with Crippen molar-refractivity contribution in [2.75, 3.05) is 0 Å². The van der Waals surface area contributed by atoms with Gasteiger partial charge in [-0.1, -0.05) is 229 Å². The summed E-state index contributed by atoms with van der Waals surface area (Å²) >= 11 is 0. The second kappa shape index (κ2) is 20.6. The summed E-state index contributed by atoms with van der Waals surface area (Å²) in [6.45, 7) is 56.1. The molecule has 0 spiro atoms. The van der Waals surface area contributed by atoms with Crippen LogP contribution in [-0.2, 0) is 43.3 Å². The number of rotatable bonds is 7. The second-order valence-corrected chi connectivity index (χ2v) is 34.5. The Hall–Kier alpha value is -3.19. The molecule has 0 radical (unpaired) electrons. The molecule has 7 rings (SSSR count). The maximum atomic E-state index is 8.15. The highest BCUT2D eigenvalue weighted by molar-refractivity contribution is 7.54. The van der Waals surface area contributed by atoms with Gasteiger partial charge in [0.15, 0.2) is 0 Å². The van der Waals surface area contributed by atoms with Gasteiger partial charge in [0.05, 0.1) is 8.15 Å². The monoisotopic (exact) mass is 1040 g/mol. The van der Waals surface area contributed by atoms with Crippen molar-refractivity contribution in [2.24, 2.45) is 0 Å². The van der Waals surface area contributed by atoms with E-state index in [0.717, 1.165) is 61.3 Å². The van der Waals surface area contributed by atoms with Gasteiger partial charge in [-0.05, 0) is 116 Å². The lowest BCUT2D eigenvalue weighted by Gasteiger charge is -2.39. The van der Waals surface area contributed by atoms with Gasteiger partial charge < -0.3 is 17.4 Å². The average molecular weight is 1050 g/mol. The lowest BCUT2D eigenvalue weighted by atomic mass is 9.75. The molecule has 1 heterocycles. The van der Waals surface area contributed by atoms with E-state index in [-0.39, 0.29) is 43.3 Å². The number of benzene rings is 4. The topological polar surface area (TPSA) is 44.7 Å². The van der Waals surface area contributed by atoms with Crippen LogP contribution < -0.4 is 9.05 Å². The molecule has 0 bridgehead atoms. The zero-order valence-corrected chi connectivity index (χ0v) is 53.2. The van der Waals surface area contributed by atoms with Gasteiger partial charge in [0.1, 0.15) is 22.7 Å². The van der Waals surface area contributed by atoms with Crippen molar-refractivity contribution in [3.8, 4) is 22.6 Å². The van der Waals surface area contributed by atoms with Gasteiger partial charge in [-0.3, -0.25) is 0 Å². The van der Waals surface area contributed by atoms with Crippen LogP contribution >= 0.6 is 16.4 Å². The Morgan fingerprint density at radius 2 is 0.662 bits per heavy atom. The molecule has 0 unspecified atom stereocenters. The predicted octanol–water partition coefficient (Wildman–Crippen LogP) is 22.6. The van der Waals surface area contributed by atoms with E-state index in [0.29, 0.717) is 11.3 Å². The van der Waals surface area contributed by atoms with E-state index in [9.17, 15) is 0 Å². The van der Waals surface area contributed by atoms with Crippen LogP contribution in [0, 0.1) is 0 Å². The molecule has 74 heavy (non-hydrogen) atoms. The Morgan fingerprint density at radius 3 is 0.986 bits per heavy atom. The standard InChI is InChI=1S/C68H102O4P2/c1-61(2,3)43-35-49(57(53(39-43)65(13,14)15)69-73(47-31-27-25-28-32-47)48-33-29-26-30-34-48)50-36-44(62(4,5)6)40-54(66(16,17)18)58(50)70-74-71-59-51(37-45(63(7,8)9)41-55(59)67(19,20)21)52-38-46(64(10,11)12)42-56(60(52)72-74)68(22,23)24/h35-42,47-48H,25-34H2,1-24H3. The van der Waals surface area contributed by atoms with Crippen molar-refractivity contribution in [1.29, 1.82) is 0 Å². The molecule has 2 aliphatic rings. The van der Waals surface area contributed by atoms with Crippen molar-refractivity contribution in [2.45, 2.75) is 285 Å². The third kappa shape index (κ3) is 12.9. The molecule has 2 saturated carbocycles. The van der Waals surface area contributed by atoms with Crippen LogP contribution in [0.3, 0.4) is 0 Å². The molecule has 2 fully saturated rings. The third-order valence-corrected chi connectivity index (χ3v) is 20.1. The fourth-order valence-electron chi connectivity index (χ4n) is 11.2. The van der Waals surface area contributed by atoms with E-state index < -0.39 is 16.4 Å². The van der Waals surface area contributed by atoms with Crippen LogP contribution in [0.5, 0.6) is 11.5 Å². The molecule has 0 atom stereocenters. The summed E-state index contributed by atoms with van der Waals surface area (Å²) in [5.74, 6) is 1.88. The largest absolute Gasteiger partial charge is 0.473 e. The number of fused-ring (bicyclic) bond motifs is 3. The molecule has 5 aromatic rings. The van der Waals surface area contributed by atoms with E-state index in [1.54, 1.807) is 0 Å². The van der Waals surface area contributed by atoms with Crippen molar-refractivity contribution < 1.29 is 17.4 Å². The van der Waals surface area contributed by atoms with Crippen LogP contribution in [0.4, 0.5) is 0 Å². The summed E-state index contributed by atoms with van der Waals surface area (Å²) < 4.78 is 31.3. The van der Waals surface area contributed by atoms with Gasteiger partial charge in [0.25, 0.3) is 0 Å².